The number of esters is 1. The van der Waals surface area contributed by atoms with Crippen LogP contribution in [0.15, 0.2) is 24.3 Å². The summed E-state index contributed by atoms with van der Waals surface area (Å²) in [4.78, 5) is 10.9. The molecule has 0 aromatic rings. The SMILES string of the molecule is O=C1OCC2C=CC=CC12. The zero-order valence-corrected chi connectivity index (χ0v) is 5.49. The van der Waals surface area contributed by atoms with Crippen LogP contribution in [0.2, 0.25) is 0 Å². The van der Waals surface area contributed by atoms with Crippen molar-refractivity contribution in [2.24, 2.45) is 11.8 Å². The van der Waals surface area contributed by atoms with Crippen LogP contribution in [0.25, 0.3) is 0 Å². The third-order valence-corrected chi connectivity index (χ3v) is 1.94. The first-order valence-electron chi connectivity index (χ1n) is 3.39. The van der Waals surface area contributed by atoms with Gasteiger partial charge in [0.1, 0.15) is 0 Å². The van der Waals surface area contributed by atoms with Crippen molar-refractivity contribution in [2.75, 3.05) is 6.61 Å². The fourth-order valence-corrected chi connectivity index (χ4v) is 1.34. The van der Waals surface area contributed by atoms with E-state index in [2.05, 4.69) is 0 Å². The molecule has 0 aromatic heterocycles. The van der Waals surface area contributed by atoms with E-state index in [-0.39, 0.29) is 11.9 Å². The van der Waals surface area contributed by atoms with Gasteiger partial charge in [0, 0.05) is 5.92 Å². The number of cyclic esters (lactones) is 1. The Labute approximate surface area is 59.2 Å². The monoisotopic (exact) mass is 136 g/mol. The van der Waals surface area contributed by atoms with Gasteiger partial charge in [-0.25, -0.2) is 0 Å². The molecule has 1 saturated heterocycles. The molecule has 0 saturated carbocycles. The molecule has 0 aromatic carbocycles. The molecule has 0 spiro atoms. The largest absolute Gasteiger partial charge is 0.465 e. The minimum Gasteiger partial charge on any atom is -0.465 e. The molecule has 1 fully saturated rings. The highest BCUT2D eigenvalue weighted by molar-refractivity contribution is 5.77. The summed E-state index contributed by atoms with van der Waals surface area (Å²) in [5.41, 5.74) is 0. The van der Waals surface area contributed by atoms with E-state index in [9.17, 15) is 4.79 Å². The zero-order valence-electron chi connectivity index (χ0n) is 5.49. The second-order valence-corrected chi connectivity index (χ2v) is 2.59. The lowest BCUT2D eigenvalue weighted by Crippen LogP contribution is -2.12. The van der Waals surface area contributed by atoms with E-state index in [0.717, 1.165) is 0 Å². The normalized spacial score (nSPS) is 35.8. The minimum atomic E-state index is -0.0781. The summed E-state index contributed by atoms with van der Waals surface area (Å²) in [6.07, 6.45) is 7.78. The molecule has 0 N–H and O–H groups in total. The summed E-state index contributed by atoms with van der Waals surface area (Å²) < 4.78 is 4.86. The highest BCUT2D eigenvalue weighted by Crippen LogP contribution is 2.26. The quantitative estimate of drug-likeness (QED) is 0.462. The van der Waals surface area contributed by atoms with Gasteiger partial charge in [-0.05, 0) is 0 Å². The highest BCUT2D eigenvalue weighted by Gasteiger charge is 2.33. The molecule has 0 amide bonds. The second-order valence-electron chi connectivity index (χ2n) is 2.59. The number of ether oxygens (including phenoxy) is 1. The van der Waals surface area contributed by atoms with Crippen LogP contribution in [0.4, 0.5) is 0 Å². The molecule has 1 heterocycles. The predicted molar refractivity (Wildman–Crippen MR) is 36.2 cm³/mol. The van der Waals surface area contributed by atoms with Gasteiger partial charge in [-0.1, -0.05) is 24.3 Å². The minimum absolute atomic E-state index is 0.00463. The van der Waals surface area contributed by atoms with Crippen molar-refractivity contribution in [3.63, 3.8) is 0 Å². The lowest BCUT2D eigenvalue weighted by Gasteiger charge is -2.07. The molecule has 2 atom stereocenters. The standard InChI is InChI=1S/C8H8O2/c9-8-7-4-2-1-3-6(7)5-10-8/h1-4,6-7H,5H2. The molecular weight excluding hydrogens is 128 g/mol. The Morgan fingerprint density at radius 3 is 3.00 bits per heavy atom. The average molecular weight is 136 g/mol. The van der Waals surface area contributed by atoms with Crippen LogP contribution in [0.1, 0.15) is 0 Å². The second kappa shape index (κ2) is 1.97. The first kappa shape index (κ1) is 5.71. The topological polar surface area (TPSA) is 26.3 Å². The van der Waals surface area contributed by atoms with Crippen LogP contribution < -0.4 is 0 Å². The van der Waals surface area contributed by atoms with Gasteiger partial charge < -0.3 is 4.74 Å². The van der Waals surface area contributed by atoms with Crippen LogP contribution in [0.3, 0.4) is 0 Å². The average Bonchev–Trinajstić information content (AvgIpc) is 2.34. The number of rotatable bonds is 0. The van der Waals surface area contributed by atoms with E-state index in [4.69, 9.17) is 4.74 Å². The van der Waals surface area contributed by atoms with E-state index in [1.807, 2.05) is 24.3 Å². The Bertz CT molecular complexity index is 215. The van der Waals surface area contributed by atoms with Crippen molar-refractivity contribution >= 4 is 5.97 Å². The van der Waals surface area contributed by atoms with Crippen LogP contribution >= 0.6 is 0 Å². The van der Waals surface area contributed by atoms with Crippen molar-refractivity contribution in [2.45, 2.75) is 0 Å². The van der Waals surface area contributed by atoms with Gasteiger partial charge in [0.2, 0.25) is 0 Å². The van der Waals surface area contributed by atoms with Gasteiger partial charge in [0.05, 0.1) is 12.5 Å². The molecule has 10 heavy (non-hydrogen) atoms. The number of fused-ring (bicyclic) bond motifs is 1. The Morgan fingerprint density at radius 1 is 1.40 bits per heavy atom. The smallest absolute Gasteiger partial charge is 0.313 e. The molecule has 52 valence electrons. The number of hydrogen-bond donors (Lipinski definition) is 0. The first-order chi connectivity index (χ1) is 4.88. The molecule has 2 unspecified atom stereocenters. The van der Waals surface area contributed by atoms with Gasteiger partial charge in [0.15, 0.2) is 0 Å². The molecule has 2 heteroatoms. The number of carbonyl (C=O) groups is 1. The van der Waals surface area contributed by atoms with Gasteiger partial charge in [-0.15, -0.1) is 0 Å². The van der Waals surface area contributed by atoms with Crippen LogP contribution in [-0.4, -0.2) is 12.6 Å². The number of hydrogen-bond acceptors (Lipinski definition) is 2. The third-order valence-electron chi connectivity index (χ3n) is 1.94. The molecule has 1 aliphatic heterocycles. The number of allylic oxidation sites excluding steroid dienone is 2. The maximum Gasteiger partial charge on any atom is 0.313 e. The predicted octanol–water partition coefficient (Wildman–Crippen LogP) is 0.902. The van der Waals surface area contributed by atoms with Crippen molar-refractivity contribution in [3.05, 3.63) is 24.3 Å². The lowest BCUT2D eigenvalue weighted by atomic mass is 9.92. The van der Waals surface area contributed by atoms with E-state index in [0.29, 0.717) is 12.5 Å². The zero-order chi connectivity index (χ0) is 6.97. The van der Waals surface area contributed by atoms with Crippen LogP contribution in [-0.2, 0) is 9.53 Å². The summed E-state index contributed by atoms with van der Waals surface area (Å²) in [6, 6.07) is 0. The number of carbonyl (C=O) groups excluding carboxylic acids is 1. The first-order valence-corrected chi connectivity index (χ1v) is 3.39. The maximum atomic E-state index is 10.9. The van der Waals surface area contributed by atoms with Crippen LogP contribution in [0.5, 0.6) is 0 Å². The molecule has 0 bridgehead atoms. The van der Waals surface area contributed by atoms with E-state index in [1.54, 1.807) is 0 Å². The van der Waals surface area contributed by atoms with Gasteiger partial charge in [-0.3, -0.25) is 4.79 Å². The Kier molecular flexibility index (Phi) is 1.13. The Balaban J connectivity index is 2.27. The maximum absolute atomic E-state index is 10.9. The fraction of sp³-hybridized carbons (Fsp3) is 0.375. The van der Waals surface area contributed by atoms with E-state index in [1.165, 1.54) is 0 Å². The summed E-state index contributed by atoms with van der Waals surface area (Å²) >= 11 is 0. The van der Waals surface area contributed by atoms with Crippen molar-refractivity contribution in [1.82, 2.24) is 0 Å². The molecule has 1 aliphatic carbocycles. The van der Waals surface area contributed by atoms with Crippen molar-refractivity contribution in [3.8, 4) is 0 Å². The van der Waals surface area contributed by atoms with Gasteiger partial charge in [0.25, 0.3) is 0 Å². The third kappa shape index (κ3) is 0.685. The van der Waals surface area contributed by atoms with Gasteiger partial charge >= 0.3 is 5.97 Å². The molecule has 0 radical (unpaired) electrons. The van der Waals surface area contributed by atoms with Gasteiger partial charge in [-0.2, -0.15) is 0 Å². The molecular formula is C8H8O2. The summed E-state index contributed by atoms with van der Waals surface area (Å²) in [7, 11) is 0. The summed E-state index contributed by atoms with van der Waals surface area (Å²) in [5.74, 6) is 0.230. The summed E-state index contributed by atoms with van der Waals surface area (Å²) in [5, 5.41) is 0. The molecule has 2 nitrogen and oxygen atoms in total. The molecule has 2 aliphatic rings. The van der Waals surface area contributed by atoms with E-state index >= 15 is 0 Å². The van der Waals surface area contributed by atoms with Crippen LogP contribution in [0, 0.1) is 11.8 Å². The fourth-order valence-electron chi connectivity index (χ4n) is 1.34. The highest BCUT2D eigenvalue weighted by atomic mass is 16.5. The molecule has 2 rings (SSSR count). The van der Waals surface area contributed by atoms with Crippen molar-refractivity contribution < 1.29 is 9.53 Å². The van der Waals surface area contributed by atoms with Crippen molar-refractivity contribution in [1.29, 1.82) is 0 Å². The Morgan fingerprint density at radius 2 is 2.20 bits per heavy atom. The summed E-state index contributed by atoms with van der Waals surface area (Å²) in [6.45, 7) is 0.560. The lowest BCUT2D eigenvalue weighted by molar-refractivity contribution is -0.140. The van der Waals surface area contributed by atoms with E-state index < -0.39 is 0 Å². The Hall–Kier alpha value is -1.05.